The number of aromatic nitrogens is 3. The third-order valence-corrected chi connectivity index (χ3v) is 9.03. The second kappa shape index (κ2) is 9.91. The van der Waals surface area contributed by atoms with Crippen molar-refractivity contribution in [2.45, 2.75) is 13.7 Å². The highest BCUT2D eigenvalue weighted by atomic mass is 32.2. The monoisotopic (exact) mass is 611 g/mol. The summed E-state index contributed by atoms with van der Waals surface area (Å²) in [7, 11) is -0.750. The minimum Gasteiger partial charge on any atom is -0.470 e. The summed E-state index contributed by atoms with van der Waals surface area (Å²) in [6.45, 7) is 2.09. The molecule has 0 unspecified atom stereocenters. The summed E-state index contributed by atoms with van der Waals surface area (Å²) in [6, 6.07) is 19.0. The number of pyridine rings is 1. The maximum atomic E-state index is 14.6. The molecule has 0 atom stereocenters. The molecule has 0 radical (unpaired) electrons. The maximum absolute atomic E-state index is 14.6. The number of rotatable bonds is 5. The van der Waals surface area contributed by atoms with Crippen LogP contribution in [0.1, 0.15) is 15.9 Å². The Hall–Kier alpha value is -5.23. The number of halogens is 1. The van der Waals surface area contributed by atoms with Gasteiger partial charge in [-0.15, -0.1) is 0 Å². The van der Waals surface area contributed by atoms with E-state index in [0.717, 1.165) is 16.1 Å². The lowest BCUT2D eigenvalue weighted by Gasteiger charge is -2.22. The van der Waals surface area contributed by atoms with Gasteiger partial charge < -0.3 is 14.5 Å². The molecule has 1 aliphatic rings. The van der Waals surface area contributed by atoms with Crippen LogP contribution in [-0.2, 0) is 16.8 Å². The van der Waals surface area contributed by atoms with E-state index in [2.05, 4.69) is 10.3 Å². The molecule has 0 saturated heterocycles. The molecule has 1 N–H and O–H groups in total. The maximum Gasteiger partial charge on any atom is 0.255 e. The van der Waals surface area contributed by atoms with Crippen molar-refractivity contribution < 1.29 is 26.8 Å². The van der Waals surface area contributed by atoms with Crippen molar-refractivity contribution in [3.05, 3.63) is 83.7 Å². The number of aryl methyl sites for hydroxylation is 1. The number of carbonyl (C=O) groups excluding carboxylic acids is 1. The van der Waals surface area contributed by atoms with Crippen LogP contribution in [0.25, 0.3) is 56.1 Å². The highest BCUT2D eigenvalue weighted by Crippen LogP contribution is 2.43. The number of furan rings is 1. The number of carbonyl (C=O) groups is 1. The molecule has 7 rings (SSSR count). The number of benzene rings is 3. The van der Waals surface area contributed by atoms with Crippen molar-refractivity contribution >= 4 is 43.6 Å². The number of nitrogens with one attached hydrogen (secondary N) is 1. The van der Waals surface area contributed by atoms with Crippen LogP contribution < -0.4 is 14.4 Å². The lowest BCUT2D eigenvalue weighted by Crippen LogP contribution is -2.25. The lowest BCUT2D eigenvalue weighted by atomic mass is 10.00. The number of amides is 1. The molecule has 44 heavy (non-hydrogen) atoms. The third kappa shape index (κ3) is 4.29. The Kier molecular flexibility index (Phi) is 6.22. The predicted octanol–water partition coefficient (Wildman–Crippen LogP) is 5.73. The molecule has 1 amide bonds. The fraction of sp³-hybridized carbons (Fsp3) is 0.156. The minimum absolute atomic E-state index is 0.129. The number of ether oxygens (including phenoxy) is 1. The van der Waals surface area contributed by atoms with Crippen molar-refractivity contribution in [2.24, 2.45) is 0 Å². The lowest BCUT2D eigenvalue weighted by molar-refractivity contribution is 0.0964. The van der Waals surface area contributed by atoms with Gasteiger partial charge in [-0.2, -0.15) is 0 Å². The molecule has 0 aliphatic carbocycles. The first-order valence-corrected chi connectivity index (χ1v) is 15.5. The normalized spacial score (nSPS) is 12.6. The zero-order chi connectivity index (χ0) is 30.9. The summed E-state index contributed by atoms with van der Waals surface area (Å²) in [6.07, 6.45) is 1.10. The molecule has 12 heteroatoms. The van der Waals surface area contributed by atoms with Gasteiger partial charge in [0.05, 0.1) is 28.7 Å². The first-order chi connectivity index (χ1) is 21.0. The summed E-state index contributed by atoms with van der Waals surface area (Å²) in [5.74, 6) is 0.398. The Morgan fingerprint density at radius 2 is 1.84 bits per heavy atom. The Bertz CT molecular complexity index is 2260. The van der Waals surface area contributed by atoms with E-state index in [1.165, 1.54) is 20.2 Å². The number of sulfonamides is 1. The van der Waals surface area contributed by atoms with E-state index in [1.54, 1.807) is 41.0 Å². The highest BCUT2D eigenvalue weighted by Gasteiger charge is 2.28. The first-order valence-electron chi connectivity index (χ1n) is 13.7. The Morgan fingerprint density at radius 1 is 1.07 bits per heavy atom. The Labute approximate surface area is 251 Å². The van der Waals surface area contributed by atoms with Crippen molar-refractivity contribution in [1.29, 1.82) is 0 Å². The standard InChI is InChI=1S/C32H26FN5O5S/c1-17-8-10-18(11-9-17)30-27(32(39)34-2)20-14-19(24(15-26(20)43-30)37(3)44(4,40)41)22-12-13-25-29(35-22)31-36-28-21(33)6-5-7-23(28)38(31)16-42-25/h5-15H,16H2,1-4H3,(H,34,39). The summed E-state index contributed by atoms with van der Waals surface area (Å²) in [5.41, 5.74) is 4.61. The van der Waals surface area contributed by atoms with E-state index in [4.69, 9.17) is 14.1 Å². The largest absolute Gasteiger partial charge is 0.470 e. The number of nitrogens with zero attached hydrogens (tertiary/aromatic N) is 4. The quantitative estimate of drug-likeness (QED) is 0.264. The average Bonchev–Trinajstić information content (AvgIpc) is 3.59. The van der Waals surface area contributed by atoms with Crippen LogP contribution >= 0.6 is 0 Å². The number of anilines is 1. The van der Waals surface area contributed by atoms with Crippen LogP contribution in [0.3, 0.4) is 0 Å². The molecule has 6 aromatic rings. The number of para-hydroxylation sites is 1. The van der Waals surface area contributed by atoms with E-state index in [0.29, 0.717) is 61.9 Å². The van der Waals surface area contributed by atoms with Crippen LogP contribution in [0.2, 0.25) is 0 Å². The third-order valence-electron chi connectivity index (χ3n) is 7.84. The van der Waals surface area contributed by atoms with Crippen LogP contribution in [0.5, 0.6) is 5.75 Å². The van der Waals surface area contributed by atoms with E-state index in [9.17, 15) is 17.6 Å². The fourth-order valence-corrected chi connectivity index (χ4v) is 5.97. The van der Waals surface area contributed by atoms with Gasteiger partial charge in [0.2, 0.25) is 10.0 Å². The van der Waals surface area contributed by atoms with Crippen molar-refractivity contribution in [3.63, 3.8) is 0 Å². The van der Waals surface area contributed by atoms with Gasteiger partial charge in [0.1, 0.15) is 22.6 Å². The topological polar surface area (TPSA) is 120 Å². The van der Waals surface area contributed by atoms with Crippen LogP contribution in [0.4, 0.5) is 10.1 Å². The van der Waals surface area contributed by atoms with Gasteiger partial charge in [0.25, 0.3) is 5.91 Å². The number of hydrogen-bond donors (Lipinski definition) is 1. The van der Waals surface area contributed by atoms with Crippen molar-refractivity contribution in [1.82, 2.24) is 19.9 Å². The van der Waals surface area contributed by atoms with Crippen molar-refractivity contribution in [3.8, 4) is 39.8 Å². The summed E-state index contributed by atoms with van der Waals surface area (Å²) in [4.78, 5) is 22.7. The molecule has 0 saturated carbocycles. The van der Waals surface area contributed by atoms with Gasteiger partial charge in [-0.25, -0.2) is 22.8 Å². The second-order valence-electron chi connectivity index (χ2n) is 10.6. The molecular weight excluding hydrogens is 585 g/mol. The molecule has 10 nitrogen and oxygen atoms in total. The summed E-state index contributed by atoms with van der Waals surface area (Å²) in [5, 5.41) is 3.17. The van der Waals surface area contributed by atoms with E-state index in [1.807, 2.05) is 31.2 Å². The number of hydrogen-bond acceptors (Lipinski definition) is 7. The van der Waals surface area contributed by atoms with E-state index < -0.39 is 15.8 Å². The molecular formula is C32H26FN5O5S. The van der Waals surface area contributed by atoms with Gasteiger partial charge in [0.15, 0.2) is 24.1 Å². The molecule has 0 fully saturated rings. The zero-order valence-electron chi connectivity index (χ0n) is 24.2. The minimum atomic E-state index is -3.72. The smallest absolute Gasteiger partial charge is 0.255 e. The van der Waals surface area contributed by atoms with Crippen LogP contribution in [0.15, 0.2) is 71.1 Å². The molecule has 3 aromatic heterocycles. The Morgan fingerprint density at radius 3 is 2.57 bits per heavy atom. The average molecular weight is 612 g/mol. The molecule has 4 heterocycles. The van der Waals surface area contributed by atoms with Crippen LogP contribution in [0, 0.1) is 12.7 Å². The van der Waals surface area contributed by atoms with Crippen molar-refractivity contribution in [2.75, 3.05) is 24.7 Å². The van der Waals surface area contributed by atoms with Gasteiger partial charge in [-0.1, -0.05) is 35.9 Å². The molecule has 0 spiro atoms. The van der Waals surface area contributed by atoms with E-state index in [-0.39, 0.29) is 23.8 Å². The first kappa shape index (κ1) is 27.6. The molecule has 1 aliphatic heterocycles. The van der Waals surface area contributed by atoms with Gasteiger partial charge in [-0.05, 0) is 37.3 Å². The van der Waals surface area contributed by atoms with Gasteiger partial charge in [-0.3, -0.25) is 13.7 Å². The van der Waals surface area contributed by atoms with Crippen LogP contribution in [-0.4, -0.2) is 49.2 Å². The number of imidazole rings is 1. The SMILES string of the molecule is CNC(=O)c1c(-c2ccc(C)cc2)oc2cc(N(C)S(C)(=O)=O)c(-c3ccc4c(n3)-c3nc5c(F)cccc5n3CO4)cc12. The molecule has 222 valence electrons. The summed E-state index contributed by atoms with van der Waals surface area (Å²) < 4.78 is 55.3. The fourth-order valence-electron chi connectivity index (χ4n) is 5.47. The predicted molar refractivity (Wildman–Crippen MR) is 166 cm³/mol. The zero-order valence-corrected chi connectivity index (χ0v) is 25.0. The Balaban J connectivity index is 1.50. The molecule has 3 aromatic carbocycles. The second-order valence-corrected chi connectivity index (χ2v) is 12.6. The number of fused-ring (bicyclic) bond motifs is 6. The van der Waals surface area contributed by atoms with E-state index >= 15 is 0 Å². The molecule has 0 bridgehead atoms. The summed E-state index contributed by atoms with van der Waals surface area (Å²) >= 11 is 0. The van der Waals surface area contributed by atoms with Gasteiger partial charge >= 0.3 is 0 Å². The highest BCUT2D eigenvalue weighted by molar-refractivity contribution is 7.92. The van der Waals surface area contributed by atoms with Gasteiger partial charge in [0, 0.05) is 36.7 Å².